The number of rotatable bonds is 3. The van der Waals surface area contributed by atoms with Crippen LogP contribution in [0.5, 0.6) is 11.5 Å². The Hall–Kier alpha value is -1.33. The Morgan fingerprint density at radius 1 is 1.60 bits per heavy atom. The van der Waals surface area contributed by atoms with Gasteiger partial charge in [-0.15, -0.1) is 0 Å². The number of phenols is 1. The Kier molecular flexibility index (Phi) is 3.49. The van der Waals surface area contributed by atoms with Crippen LogP contribution in [0.1, 0.15) is 17.2 Å². The van der Waals surface area contributed by atoms with Crippen LogP contribution in [0.2, 0.25) is 0 Å². The van der Waals surface area contributed by atoms with E-state index in [0.717, 1.165) is 0 Å². The zero-order chi connectivity index (χ0) is 11.6. The molecule has 1 aromatic rings. The van der Waals surface area contributed by atoms with Gasteiger partial charge >= 0.3 is 0 Å². The first-order valence-corrected chi connectivity index (χ1v) is 4.45. The van der Waals surface area contributed by atoms with Crippen LogP contribution in [0, 0.1) is 12.7 Å². The van der Waals surface area contributed by atoms with Gasteiger partial charge in [-0.05, 0) is 18.6 Å². The average molecular weight is 215 g/mol. The van der Waals surface area contributed by atoms with Crippen molar-refractivity contribution in [1.29, 1.82) is 0 Å². The summed E-state index contributed by atoms with van der Waals surface area (Å²) in [6.07, 6.45) is 0. The van der Waals surface area contributed by atoms with Gasteiger partial charge in [0.05, 0.1) is 19.8 Å². The van der Waals surface area contributed by atoms with Gasteiger partial charge in [-0.25, -0.2) is 4.39 Å². The number of nitrogens with two attached hydrogens (primary N) is 1. The molecule has 15 heavy (non-hydrogen) atoms. The Morgan fingerprint density at radius 3 is 2.67 bits per heavy atom. The number of aliphatic hydroxyl groups is 1. The zero-order valence-corrected chi connectivity index (χ0v) is 8.62. The van der Waals surface area contributed by atoms with Crippen molar-refractivity contribution in [2.45, 2.75) is 13.0 Å². The molecule has 1 atom stereocenters. The summed E-state index contributed by atoms with van der Waals surface area (Å²) >= 11 is 0. The molecule has 0 fully saturated rings. The number of methoxy groups -OCH3 is 1. The van der Waals surface area contributed by atoms with E-state index in [2.05, 4.69) is 0 Å². The number of aryl methyl sites for hydroxylation is 1. The maximum Gasteiger partial charge on any atom is 0.194 e. The normalized spacial score (nSPS) is 12.6. The number of phenolic OH excluding ortho intramolecular Hbond substituents is 1. The summed E-state index contributed by atoms with van der Waals surface area (Å²) in [6, 6.07) is 0.606. The molecule has 1 unspecified atom stereocenters. The molecular weight excluding hydrogens is 201 g/mol. The number of aromatic hydroxyl groups is 1. The molecule has 0 aliphatic rings. The third-order valence-electron chi connectivity index (χ3n) is 2.21. The van der Waals surface area contributed by atoms with Gasteiger partial charge in [0, 0.05) is 5.56 Å². The molecule has 4 N–H and O–H groups in total. The summed E-state index contributed by atoms with van der Waals surface area (Å²) in [5.74, 6) is -1.34. The second kappa shape index (κ2) is 4.46. The summed E-state index contributed by atoms with van der Waals surface area (Å²) in [6.45, 7) is 1.27. The predicted octanol–water partition coefficient (Wildman–Crippen LogP) is 0.840. The van der Waals surface area contributed by atoms with Crippen molar-refractivity contribution in [3.05, 3.63) is 23.0 Å². The monoisotopic (exact) mass is 215 g/mol. The van der Waals surface area contributed by atoms with Crippen molar-refractivity contribution >= 4 is 0 Å². The van der Waals surface area contributed by atoms with Crippen molar-refractivity contribution in [2.75, 3.05) is 13.7 Å². The summed E-state index contributed by atoms with van der Waals surface area (Å²) in [5.41, 5.74) is 6.12. The number of halogens is 1. The molecule has 0 aliphatic carbocycles. The fourth-order valence-corrected chi connectivity index (χ4v) is 1.41. The molecule has 0 heterocycles. The average Bonchev–Trinajstić information content (AvgIpc) is 2.23. The summed E-state index contributed by atoms with van der Waals surface area (Å²) in [5, 5.41) is 18.3. The SMILES string of the molecule is COc1c(C)cc(C(N)CO)c(F)c1O. The molecular formula is C10H14FNO3. The minimum Gasteiger partial charge on any atom is -0.502 e. The third kappa shape index (κ3) is 2.03. The lowest BCUT2D eigenvalue weighted by atomic mass is 10.0. The highest BCUT2D eigenvalue weighted by atomic mass is 19.1. The summed E-state index contributed by atoms with van der Waals surface area (Å²) < 4.78 is 18.4. The first-order chi connectivity index (χ1) is 7.02. The predicted molar refractivity (Wildman–Crippen MR) is 53.4 cm³/mol. The van der Waals surface area contributed by atoms with Crippen molar-refractivity contribution in [1.82, 2.24) is 0 Å². The molecule has 0 aliphatic heterocycles. The number of benzene rings is 1. The van der Waals surface area contributed by atoms with Crippen molar-refractivity contribution in [3.63, 3.8) is 0 Å². The Labute approximate surface area is 87.1 Å². The van der Waals surface area contributed by atoms with Crippen LogP contribution in [0.25, 0.3) is 0 Å². The van der Waals surface area contributed by atoms with E-state index in [4.69, 9.17) is 15.6 Å². The quantitative estimate of drug-likeness (QED) is 0.698. The molecule has 0 radical (unpaired) electrons. The van der Waals surface area contributed by atoms with E-state index in [-0.39, 0.29) is 17.9 Å². The minimum absolute atomic E-state index is 0.0771. The lowest BCUT2D eigenvalue weighted by Crippen LogP contribution is -2.16. The topological polar surface area (TPSA) is 75.7 Å². The molecule has 0 bridgehead atoms. The van der Waals surface area contributed by atoms with Crippen LogP contribution in [-0.2, 0) is 0 Å². The van der Waals surface area contributed by atoms with Crippen molar-refractivity contribution < 1.29 is 19.3 Å². The number of hydrogen-bond acceptors (Lipinski definition) is 4. The molecule has 0 amide bonds. The van der Waals surface area contributed by atoms with Crippen molar-refractivity contribution in [3.8, 4) is 11.5 Å². The molecule has 84 valence electrons. The molecule has 5 heteroatoms. The van der Waals surface area contributed by atoms with E-state index >= 15 is 0 Å². The second-order valence-electron chi connectivity index (χ2n) is 3.27. The van der Waals surface area contributed by atoms with Crippen LogP contribution in [0.15, 0.2) is 6.07 Å². The molecule has 1 rings (SSSR count). The van der Waals surface area contributed by atoms with E-state index < -0.39 is 17.6 Å². The lowest BCUT2D eigenvalue weighted by Gasteiger charge is -2.15. The van der Waals surface area contributed by atoms with Gasteiger partial charge < -0.3 is 20.7 Å². The van der Waals surface area contributed by atoms with Gasteiger partial charge in [-0.1, -0.05) is 0 Å². The Bertz CT molecular complexity index is 368. The smallest absolute Gasteiger partial charge is 0.194 e. The maximum atomic E-state index is 13.5. The number of hydrogen-bond donors (Lipinski definition) is 3. The number of ether oxygens (including phenoxy) is 1. The fraction of sp³-hybridized carbons (Fsp3) is 0.400. The molecule has 4 nitrogen and oxygen atoms in total. The van der Waals surface area contributed by atoms with E-state index in [9.17, 15) is 9.50 Å². The summed E-state index contributed by atoms with van der Waals surface area (Å²) in [4.78, 5) is 0. The van der Waals surface area contributed by atoms with Gasteiger partial charge in [0.25, 0.3) is 0 Å². The Balaban J connectivity index is 3.33. The highest BCUT2D eigenvalue weighted by Gasteiger charge is 2.19. The van der Waals surface area contributed by atoms with Gasteiger partial charge in [0.1, 0.15) is 0 Å². The standard InChI is InChI=1S/C10H14FNO3/c1-5-3-6(7(12)4-13)8(11)9(14)10(5)15-2/h3,7,13-14H,4,12H2,1-2H3. The van der Waals surface area contributed by atoms with Gasteiger partial charge in [0.2, 0.25) is 0 Å². The largest absolute Gasteiger partial charge is 0.502 e. The van der Waals surface area contributed by atoms with Gasteiger partial charge in [0.15, 0.2) is 17.3 Å². The first-order valence-electron chi connectivity index (χ1n) is 4.45. The zero-order valence-electron chi connectivity index (χ0n) is 8.62. The van der Waals surface area contributed by atoms with Crippen LogP contribution in [0.3, 0.4) is 0 Å². The van der Waals surface area contributed by atoms with Crippen LogP contribution in [0.4, 0.5) is 4.39 Å². The number of aliphatic hydroxyl groups excluding tert-OH is 1. The minimum atomic E-state index is -0.848. The van der Waals surface area contributed by atoms with Gasteiger partial charge in [-0.3, -0.25) is 0 Å². The Morgan fingerprint density at radius 2 is 2.20 bits per heavy atom. The van der Waals surface area contributed by atoms with Crippen LogP contribution < -0.4 is 10.5 Å². The van der Waals surface area contributed by atoms with E-state index in [0.29, 0.717) is 5.56 Å². The van der Waals surface area contributed by atoms with E-state index in [1.54, 1.807) is 6.92 Å². The molecule has 1 aromatic carbocycles. The van der Waals surface area contributed by atoms with Crippen LogP contribution in [-0.4, -0.2) is 23.9 Å². The van der Waals surface area contributed by atoms with Gasteiger partial charge in [-0.2, -0.15) is 0 Å². The fourth-order valence-electron chi connectivity index (χ4n) is 1.41. The van der Waals surface area contributed by atoms with E-state index in [1.165, 1.54) is 13.2 Å². The lowest BCUT2D eigenvalue weighted by molar-refractivity contribution is 0.263. The molecule has 0 saturated carbocycles. The highest BCUT2D eigenvalue weighted by Crippen LogP contribution is 2.36. The van der Waals surface area contributed by atoms with Crippen molar-refractivity contribution in [2.24, 2.45) is 5.73 Å². The molecule has 0 spiro atoms. The highest BCUT2D eigenvalue weighted by molar-refractivity contribution is 5.50. The van der Waals surface area contributed by atoms with E-state index in [1.807, 2.05) is 0 Å². The molecule has 0 aromatic heterocycles. The third-order valence-corrected chi connectivity index (χ3v) is 2.21. The maximum absolute atomic E-state index is 13.5. The first kappa shape index (κ1) is 11.7. The van der Waals surface area contributed by atoms with Crippen LogP contribution >= 0.6 is 0 Å². The molecule has 0 saturated heterocycles. The second-order valence-corrected chi connectivity index (χ2v) is 3.27. The summed E-state index contributed by atoms with van der Waals surface area (Å²) in [7, 11) is 1.34.